The third kappa shape index (κ3) is 3.10. The number of sulfonamides is 1. The van der Waals surface area contributed by atoms with Gasteiger partial charge < -0.3 is 10.4 Å². The lowest BCUT2D eigenvalue weighted by Crippen LogP contribution is -2.40. The van der Waals surface area contributed by atoms with Crippen LogP contribution in [0.1, 0.15) is 19.8 Å². The Morgan fingerprint density at radius 1 is 1.16 bits per heavy atom. The second-order valence-corrected chi connectivity index (χ2v) is 7.81. The van der Waals surface area contributed by atoms with Gasteiger partial charge in [0.15, 0.2) is 0 Å². The lowest BCUT2D eigenvalue weighted by molar-refractivity contribution is -0.140. The summed E-state index contributed by atoms with van der Waals surface area (Å²) in [5, 5.41) is 13.0. The van der Waals surface area contributed by atoms with Crippen molar-refractivity contribution in [2.24, 2.45) is 0 Å². The van der Waals surface area contributed by atoms with Crippen molar-refractivity contribution in [2.45, 2.75) is 30.7 Å². The first-order chi connectivity index (χ1) is 11.8. The highest BCUT2D eigenvalue weighted by molar-refractivity contribution is 7.89. The number of carbonyl (C=O) groups excluding carboxylic acids is 1. The van der Waals surface area contributed by atoms with Crippen molar-refractivity contribution in [1.82, 2.24) is 4.31 Å². The number of benzene rings is 2. The van der Waals surface area contributed by atoms with Crippen LogP contribution in [0.3, 0.4) is 0 Å². The van der Waals surface area contributed by atoms with E-state index < -0.39 is 22.0 Å². The Kier molecular flexibility index (Phi) is 4.49. The molecule has 132 valence electrons. The Hall–Kier alpha value is -2.45. The van der Waals surface area contributed by atoms with Crippen LogP contribution in [0.25, 0.3) is 10.8 Å². The third-order valence-electron chi connectivity index (χ3n) is 4.27. The molecule has 2 aromatic rings. The van der Waals surface area contributed by atoms with Crippen molar-refractivity contribution in [3.05, 3.63) is 36.4 Å². The van der Waals surface area contributed by atoms with Crippen LogP contribution in [-0.4, -0.2) is 42.3 Å². The van der Waals surface area contributed by atoms with Crippen LogP contribution in [0.15, 0.2) is 41.3 Å². The summed E-state index contributed by atoms with van der Waals surface area (Å²) in [7, 11) is -3.96. The number of nitrogens with zero attached hydrogens (tertiary/aromatic N) is 1. The molecule has 0 radical (unpaired) electrons. The molecule has 1 atom stereocenters. The molecule has 1 heterocycles. The molecular weight excluding hydrogens is 344 g/mol. The summed E-state index contributed by atoms with van der Waals surface area (Å²) in [6.45, 7) is 1.56. The predicted molar refractivity (Wildman–Crippen MR) is 92.8 cm³/mol. The number of hydrogen-bond acceptors (Lipinski definition) is 4. The lowest BCUT2D eigenvalue weighted by atomic mass is 10.1. The minimum Gasteiger partial charge on any atom is -0.480 e. The van der Waals surface area contributed by atoms with Gasteiger partial charge in [-0.25, -0.2) is 8.42 Å². The predicted octanol–water partition coefficient (Wildman–Crippen LogP) is 2.04. The number of carbonyl (C=O) groups is 2. The van der Waals surface area contributed by atoms with Crippen molar-refractivity contribution in [3.8, 4) is 0 Å². The maximum absolute atomic E-state index is 13.1. The van der Waals surface area contributed by atoms with Crippen molar-refractivity contribution in [1.29, 1.82) is 0 Å². The SMILES string of the molecule is CC(=O)Nc1ccc(S(=O)(=O)N2CCCC2C(=O)O)c2ccccc12. The molecule has 0 bridgehead atoms. The molecule has 8 heteroatoms. The number of fused-ring (bicyclic) bond motifs is 1. The first-order valence-electron chi connectivity index (χ1n) is 7.86. The van der Waals surface area contributed by atoms with E-state index in [1.54, 1.807) is 24.3 Å². The van der Waals surface area contributed by atoms with Gasteiger partial charge in [0.05, 0.1) is 4.90 Å². The molecule has 0 spiro atoms. The standard InChI is InChI=1S/C17H18N2O5S/c1-11(20)18-14-8-9-16(13-6-3-2-5-12(13)14)25(23,24)19-10-4-7-15(19)17(21)22/h2-3,5-6,8-9,15H,4,7,10H2,1H3,(H,18,20)(H,21,22). The van der Waals surface area contributed by atoms with Crippen molar-refractivity contribution >= 4 is 38.4 Å². The largest absolute Gasteiger partial charge is 0.480 e. The molecule has 0 saturated carbocycles. The minimum absolute atomic E-state index is 0.0466. The molecule has 2 N–H and O–H groups in total. The number of carboxylic acid groups (broad SMARTS) is 1. The van der Waals surface area contributed by atoms with E-state index in [0.717, 1.165) is 4.31 Å². The fourth-order valence-corrected chi connectivity index (χ4v) is 5.04. The van der Waals surface area contributed by atoms with Gasteiger partial charge in [0.1, 0.15) is 6.04 Å². The summed E-state index contributed by atoms with van der Waals surface area (Å²) in [6.07, 6.45) is 0.814. The summed E-state index contributed by atoms with van der Waals surface area (Å²) < 4.78 is 27.2. The van der Waals surface area contributed by atoms with E-state index in [1.165, 1.54) is 19.1 Å². The highest BCUT2D eigenvalue weighted by Crippen LogP contribution is 2.33. The van der Waals surface area contributed by atoms with Crippen LogP contribution >= 0.6 is 0 Å². The smallest absolute Gasteiger partial charge is 0.322 e. The molecule has 1 unspecified atom stereocenters. The molecule has 1 amide bonds. The van der Waals surface area contributed by atoms with Gasteiger partial charge in [0.25, 0.3) is 0 Å². The average Bonchev–Trinajstić information content (AvgIpc) is 3.05. The molecule has 1 fully saturated rings. The van der Waals surface area contributed by atoms with Crippen LogP contribution in [0.2, 0.25) is 0 Å². The lowest BCUT2D eigenvalue weighted by Gasteiger charge is -2.22. The second kappa shape index (κ2) is 6.45. The maximum atomic E-state index is 13.1. The van der Waals surface area contributed by atoms with E-state index in [4.69, 9.17) is 0 Å². The van der Waals surface area contributed by atoms with E-state index in [0.29, 0.717) is 29.3 Å². The summed E-state index contributed by atoms with van der Waals surface area (Å²) in [5.41, 5.74) is 0.512. The monoisotopic (exact) mass is 362 g/mol. The van der Waals surface area contributed by atoms with Crippen molar-refractivity contribution in [2.75, 3.05) is 11.9 Å². The fourth-order valence-electron chi connectivity index (χ4n) is 3.20. The quantitative estimate of drug-likeness (QED) is 0.866. The number of aliphatic carboxylic acids is 1. The summed E-state index contributed by atoms with van der Waals surface area (Å²) in [6, 6.07) is 8.73. The topological polar surface area (TPSA) is 104 Å². The molecule has 1 saturated heterocycles. The third-order valence-corrected chi connectivity index (χ3v) is 6.24. The molecule has 3 rings (SSSR count). The van der Waals surface area contributed by atoms with Crippen LogP contribution in [0, 0.1) is 0 Å². The minimum atomic E-state index is -3.96. The molecule has 25 heavy (non-hydrogen) atoms. The van der Waals surface area contributed by atoms with Crippen LogP contribution in [0.4, 0.5) is 5.69 Å². The molecule has 0 aliphatic carbocycles. The van der Waals surface area contributed by atoms with Gasteiger partial charge in [-0.3, -0.25) is 9.59 Å². The average molecular weight is 362 g/mol. The van der Waals surface area contributed by atoms with Crippen LogP contribution in [0.5, 0.6) is 0 Å². The van der Waals surface area contributed by atoms with Gasteiger partial charge in [-0.05, 0) is 25.0 Å². The Bertz CT molecular complexity index is 955. The summed E-state index contributed by atoms with van der Waals surface area (Å²) in [4.78, 5) is 22.8. The first-order valence-corrected chi connectivity index (χ1v) is 9.30. The van der Waals surface area contributed by atoms with Crippen molar-refractivity contribution < 1.29 is 23.1 Å². The fraction of sp³-hybridized carbons (Fsp3) is 0.294. The Balaban J connectivity index is 2.16. The maximum Gasteiger partial charge on any atom is 0.322 e. The number of amides is 1. The van der Waals surface area contributed by atoms with Gasteiger partial charge in [-0.2, -0.15) is 4.31 Å². The van der Waals surface area contributed by atoms with Gasteiger partial charge >= 0.3 is 5.97 Å². The first kappa shape index (κ1) is 17.4. The van der Waals surface area contributed by atoms with Gasteiger partial charge in [-0.15, -0.1) is 0 Å². The number of carboxylic acids is 1. The molecule has 2 aromatic carbocycles. The highest BCUT2D eigenvalue weighted by atomic mass is 32.2. The summed E-state index contributed by atoms with van der Waals surface area (Å²) >= 11 is 0. The van der Waals surface area contributed by atoms with E-state index in [1.807, 2.05) is 0 Å². The zero-order chi connectivity index (χ0) is 18.2. The highest BCUT2D eigenvalue weighted by Gasteiger charge is 2.40. The number of hydrogen-bond donors (Lipinski definition) is 2. The van der Waals surface area contributed by atoms with E-state index >= 15 is 0 Å². The molecule has 7 nitrogen and oxygen atoms in total. The van der Waals surface area contributed by atoms with E-state index in [-0.39, 0.29) is 17.3 Å². The number of nitrogens with one attached hydrogen (secondary N) is 1. The normalized spacial score (nSPS) is 18.4. The zero-order valence-electron chi connectivity index (χ0n) is 13.6. The van der Waals surface area contributed by atoms with Crippen molar-refractivity contribution in [3.63, 3.8) is 0 Å². The van der Waals surface area contributed by atoms with Gasteiger partial charge in [0.2, 0.25) is 15.9 Å². The van der Waals surface area contributed by atoms with Gasteiger partial charge in [-0.1, -0.05) is 24.3 Å². The van der Waals surface area contributed by atoms with Crippen LogP contribution in [-0.2, 0) is 19.6 Å². The van der Waals surface area contributed by atoms with E-state index in [2.05, 4.69) is 5.32 Å². The van der Waals surface area contributed by atoms with Crippen LogP contribution < -0.4 is 5.32 Å². The Labute approximate surface area is 145 Å². The summed E-state index contributed by atoms with van der Waals surface area (Å²) in [5.74, 6) is -1.40. The Morgan fingerprint density at radius 3 is 2.48 bits per heavy atom. The molecule has 1 aliphatic heterocycles. The van der Waals surface area contributed by atoms with Gasteiger partial charge in [0, 0.05) is 29.9 Å². The molecular formula is C17H18N2O5S. The van der Waals surface area contributed by atoms with E-state index in [9.17, 15) is 23.1 Å². The number of anilines is 1. The molecule has 0 aromatic heterocycles. The second-order valence-electron chi connectivity index (χ2n) is 5.95. The number of rotatable bonds is 4. The zero-order valence-corrected chi connectivity index (χ0v) is 14.4. The molecule has 1 aliphatic rings. The Morgan fingerprint density at radius 2 is 1.84 bits per heavy atom.